The molecule has 1 amide bonds. The lowest BCUT2D eigenvalue weighted by molar-refractivity contribution is -0.142. The average molecular weight is 551 g/mol. The quantitative estimate of drug-likeness (QED) is 0.226. The standard InChI is InChI=1S/C26H16Cl2F4N2O3/c1-37-26(36)21(34-25(35)23-19(31)3-2-4-20(23)32)7-12-5-6-15(24-16(12)8-14(30)11-33-24)22-17(27)9-13(29)10-18(22)28/h2-6,8-11,21H,7H2,1H3,(H,34,35)/t21-/m0/s1. The van der Waals surface area contributed by atoms with Crippen molar-refractivity contribution in [2.75, 3.05) is 7.11 Å². The summed E-state index contributed by atoms with van der Waals surface area (Å²) in [4.78, 5) is 29.3. The summed E-state index contributed by atoms with van der Waals surface area (Å²) in [6.07, 6.45) is 0.711. The fourth-order valence-corrected chi connectivity index (χ4v) is 4.60. The molecule has 0 saturated carbocycles. The summed E-state index contributed by atoms with van der Waals surface area (Å²) in [6, 6.07) is 7.84. The predicted octanol–water partition coefficient (Wildman–Crippen LogP) is 6.28. The maximum absolute atomic E-state index is 14.2. The number of methoxy groups -OCH3 is 1. The lowest BCUT2D eigenvalue weighted by Gasteiger charge is -2.19. The van der Waals surface area contributed by atoms with Crippen LogP contribution in [0.3, 0.4) is 0 Å². The SMILES string of the molecule is COC(=O)[C@H](Cc1ccc(-c2c(Cl)cc(F)cc2Cl)c2ncc(F)cc12)NC(=O)c1c(F)cccc1F. The third-order valence-corrected chi connectivity index (χ3v) is 6.18. The minimum atomic E-state index is -1.40. The first-order chi connectivity index (χ1) is 17.6. The Morgan fingerprint density at radius 3 is 2.24 bits per heavy atom. The lowest BCUT2D eigenvalue weighted by atomic mass is 9.95. The number of fused-ring (bicyclic) bond motifs is 1. The van der Waals surface area contributed by atoms with Gasteiger partial charge in [0, 0.05) is 22.9 Å². The van der Waals surface area contributed by atoms with Gasteiger partial charge < -0.3 is 10.1 Å². The van der Waals surface area contributed by atoms with E-state index in [4.69, 9.17) is 27.9 Å². The minimum Gasteiger partial charge on any atom is -0.467 e. The highest BCUT2D eigenvalue weighted by atomic mass is 35.5. The summed E-state index contributed by atoms with van der Waals surface area (Å²) < 4.78 is 60.9. The van der Waals surface area contributed by atoms with Gasteiger partial charge in [-0.2, -0.15) is 0 Å². The molecule has 0 radical (unpaired) electrons. The van der Waals surface area contributed by atoms with Crippen molar-refractivity contribution in [3.8, 4) is 11.1 Å². The zero-order valence-electron chi connectivity index (χ0n) is 18.9. The van der Waals surface area contributed by atoms with E-state index in [9.17, 15) is 27.2 Å². The van der Waals surface area contributed by atoms with Crippen LogP contribution in [0, 0.1) is 23.3 Å². The van der Waals surface area contributed by atoms with E-state index in [-0.39, 0.29) is 32.9 Å². The largest absolute Gasteiger partial charge is 0.467 e. The number of carbonyl (C=O) groups is 2. The number of carbonyl (C=O) groups excluding carboxylic acids is 2. The first kappa shape index (κ1) is 26.4. The number of pyridine rings is 1. The molecule has 4 rings (SSSR count). The normalized spacial score (nSPS) is 11.9. The van der Waals surface area contributed by atoms with E-state index < -0.39 is 46.8 Å². The molecule has 0 saturated heterocycles. The van der Waals surface area contributed by atoms with E-state index in [1.807, 2.05) is 0 Å². The predicted molar refractivity (Wildman–Crippen MR) is 130 cm³/mol. The summed E-state index contributed by atoms with van der Waals surface area (Å²) >= 11 is 12.5. The Labute approximate surface area is 218 Å². The molecule has 1 heterocycles. The summed E-state index contributed by atoms with van der Waals surface area (Å²) in [6.45, 7) is 0. The van der Waals surface area contributed by atoms with Crippen LogP contribution in [-0.2, 0) is 16.0 Å². The van der Waals surface area contributed by atoms with Crippen molar-refractivity contribution < 1.29 is 31.9 Å². The van der Waals surface area contributed by atoms with Gasteiger partial charge in [-0.05, 0) is 35.9 Å². The van der Waals surface area contributed by atoms with Crippen molar-refractivity contribution >= 4 is 46.0 Å². The van der Waals surface area contributed by atoms with Crippen LogP contribution in [0.1, 0.15) is 15.9 Å². The van der Waals surface area contributed by atoms with E-state index in [0.717, 1.165) is 49.7 Å². The third-order valence-electron chi connectivity index (χ3n) is 5.59. The van der Waals surface area contributed by atoms with E-state index in [1.165, 1.54) is 6.07 Å². The zero-order valence-corrected chi connectivity index (χ0v) is 20.4. The molecule has 0 unspecified atom stereocenters. The Bertz CT molecular complexity index is 1510. The maximum Gasteiger partial charge on any atom is 0.328 e. The van der Waals surface area contributed by atoms with Gasteiger partial charge in [0.2, 0.25) is 0 Å². The number of halogens is 6. The average Bonchev–Trinajstić information content (AvgIpc) is 2.83. The monoisotopic (exact) mass is 550 g/mol. The van der Waals surface area contributed by atoms with E-state index in [1.54, 1.807) is 6.07 Å². The second kappa shape index (κ2) is 10.7. The summed E-state index contributed by atoms with van der Waals surface area (Å²) in [5, 5.41) is 2.50. The summed E-state index contributed by atoms with van der Waals surface area (Å²) in [5.74, 6) is -5.67. The second-order valence-corrected chi connectivity index (χ2v) is 8.73. The molecule has 1 atom stereocenters. The van der Waals surface area contributed by atoms with Gasteiger partial charge in [-0.25, -0.2) is 22.4 Å². The van der Waals surface area contributed by atoms with Crippen molar-refractivity contribution in [1.29, 1.82) is 0 Å². The number of esters is 1. The second-order valence-electron chi connectivity index (χ2n) is 7.92. The number of ether oxygens (including phenoxy) is 1. The first-order valence-electron chi connectivity index (χ1n) is 10.7. The van der Waals surface area contributed by atoms with Crippen LogP contribution in [0.2, 0.25) is 10.0 Å². The van der Waals surface area contributed by atoms with Crippen LogP contribution in [0.4, 0.5) is 17.6 Å². The number of hydrogen-bond donors (Lipinski definition) is 1. The first-order valence-corrected chi connectivity index (χ1v) is 11.4. The molecule has 4 aromatic rings. The Morgan fingerprint density at radius 2 is 1.62 bits per heavy atom. The molecule has 0 bridgehead atoms. The molecule has 0 aliphatic heterocycles. The number of aromatic nitrogens is 1. The molecule has 0 spiro atoms. The molecule has 0 fully saturated rings. The van der Waals surface area contributed by atoms with Gasteiger partial charge in [0.25, 0.3) is 5.91 Å². The van der Waals surface area contributed by atoms with Gasteiger partial charge in [-0.3, -0.25) is 9.78 Å². The molecule has 0 aliphatic rings. The highest BCUT2D eigenvalue weighted by Gasteiger charge is 2.27. The number of benzene rings is 3. The molecule has 1 N–H and O–H groups in total. The Kier molecular flexibility index (Phi) is 7.65. The van der Waals surface area contributed by atoms with Gasteiger partial charge in [0.05, 0.1) is 28.9 Å². The van der Waals surface area contributed by atoms with E-state index in [2.05, 4.69) is 10.3 Å². The van der Waals surface area contributed by atoms with Gasteiger partial charge in [-0.15, -0.1) is 0 Å². The van der Waals surface area contributed by atoms with Gasteiger partial charge in [-0.1, -0.05) is 41.4 Å². The van der Waals surface area contributed by atoms with Crippen LogP contribution in [-0.4, -0.2) is 30.0 Å². The molecule has 5 nitrogen and oxygen atoms in total. The Morgan fingerprint density at radius 1 is 0.973 bits per heavy atom. The molecule has 11 heteroatoms. The number of nitrogens with zero attached hydrogens (tertiary/aromatic N) is 1. The fraction of sp³-hybridized carbons (Fsp3) is 0.115. The minimum absolute atomic E-state index is 0.00297. The zero-order chi connectivity index (χ0) is 26.9. The Balaban J connectivity index is 1.78. The van der Waals surface area contributed by atoms with Crippen LogP contribution in [0.15, 0.2) is 54.7 Å². The number of nitrogens with one attached hydrogen (secondary N) is 1. The van der Waals surface area contributed by atoms with Crippen molar-refractivity contribution in [3.05, 3.63) is 99.2 Å². The smallest absolute Gasteiger partial charge is 0.328 e. The van der Waals surface area contributed by atoms with Crippen molar-refractivity contribution in [1.82, 2.24) is 10.3 Å². The van der Waals surface area contributed by atoms with Gasteiger partial charge >= 0.3 is 5.97 Å². The molecular weight excluding hydrogens is 535 g/mol. The third kappa shape index (κ3) is 5.38. The van der Waals surface area contributed by atoms with Crippen LogP contribution < -0.4 is 5.32 Å². The summed E-state index contributed by atoms with van der Waals surface area (Å²) in [7, 11) is 1.08. The van der Waals surface area contributed by atoms with Crippen molar-refractivity contribution in [2.24, 2.45) is 0 Å². The molecule has 0 aliphatic carbocycles. The lowest BCUT2D eigenvalue weighted by Crippen LogP contribution is -2.43. The number of amides is 1. The topological polar surface area (TPSA) is 68.3 Å². The van der Waals surface area contributed by atoms with E-state index in [0.29, 0.717) is 11.1 Å². The Hall–Kier alpha value is -3.69. The van der Waals surface area contributed by atoms with Gasteiger partial charge in [0.15, 0.2) is 0 Å². The van der Waals surface area contributed by atoms with Gasteiger partial charge in [0.1, 0.15) is 34.9 Å². The number of hydrogen-bond acceptors (Lipinski definition) is 4. The van der Waals surface area contributed by atoms with Crippen LogP contribution in [0.5, 0.6) is 0 Å². The van der Waals surface area contributed by atoms with Crippen LogP contribution >= 0.6 is 23.2 Å². The van der Waals surface area contributed by atoms with Crippen molar-refractivity contribution in [3.63, 3.8) is 0 Å². The maximum atomic E-state index is 14.2. The van der Waals surface area contributed by atoms with E-state index >= 15 is 0 Å². The summed E-state index contributed by atoms with van der Waals surface area (Å²) in [5.41, 5.74) is 0.313. The van der Waals surface area contributed by atoms with Crippen molar-refractivity contribution in [2.45, 2.75) is 12.5 Å². The number of rotatable bonds is 6. The highest BCUT2D eigenvalue weighted by molar-refractivity contribution is 6.39. The molecule has 37 heavy (non-hydrogen) atoms. The highest BCUT2D eigenvalue weighted by Crippen LogP contribution is 2.39. The fourth-order valence-electron chi connectivity index (χ4n) is 3.93. The molecular formula is C26H16Cl2F4N2O3. The van der Waals surface area contributed by atoms with Crippen LogP contribution in [0.25, 0.3) is 22.0 Å². The molecule has 1 aromatic heterocycles. The molecule has 190 valence electrons. The molecule has 3 aromatic carbocycles.